The Morgan fingerprint density at radius 2 is 1.94 bits per heavy atom. The minimum Gasteiger partial charge on any atom is -0.393 e. The van der Waals surface area contributed by atoms with Gasteiger partial charge in [0.1, 0.15) is 0 Å². The van der Waals surface area contributed by atoms with Gasteiger partial charge in [-0.1, -0.05) is 0 Å². The summed E-state index contributed by atoms with van der Waals surface area (Å²) in [6.07, 6.45) is 8.62. The van der Waals surface area contributed by atoms with Gasteiger partial charge in [0.05, 0.1) is 6.10 Å². The SMILES string of the molecule is O[C@H]1CC[C@@H](N2CCC3(CCCNC3)C2)CC1. The number of nitrogens with one attached hydrogen (secondary N) is 1. The van der Waals surface area contributed by atoms with Crippen LogP contribution >= 0.6 is 0 Å². The first-order valence-corrected chi connectivity index (χ1v) is 7.40. The molecule has 3 rings (SSSR count). The van der Waals surface area contributed by atoms with Gasteiger partial charge in [-0.25, -0.2) is 0 Å². The Balaban J connectivity index is 1.56. The van der Waals surface area contributed by atoms with Crippen LogP contribution in [-0.4, -0.2) is 48.3 Å². The second-order valence-electron chi connectivity index (χ2n) is 6.46. The highest BCUT2D eigenvalue weighted by atomic mass is 16.3. The van der Waals surface area contributed by atoms with Crippen LogP contribution in [-0.2, 0) is 0 Å². The van der Waals surface area contributed by atoms with E-state index in [1.165, 1.54) is 58.3 Å². The molecule has 0 amide bonds. The number of hydrogen-bond acceptors (Lipinski definition) is 3. The maximum Gasteiger partial charge on any atom is 0.0541 e. The van der Waals surface area contributed by atoms with Crippen molar-refractivity contribution in [1.29, 1.82) is 0 Å². The highest BCUT2D eigenvalue weighted by Crippen LogP contribution is 2.39. The Morgan fingerprint density at radius 1 is 1.12 bits per heavy atom. The van der Waals surface area contributed by atoms with E-state index in [9.17, 15) is 5.11 Å². The smallest absolute Gasteiger partial charge is 0.0541 e. The molecule has 0 radical (unpaired) electrons. The van der Waals surface area contributed by atoms with Gasteiger partial charge < -0.3 is 10.4 Å². The van der Waals surface area contributed by atoms with Crippen LogP contribution in [0.25, 0.3) is 0 Å². The molecule has 1 atom stereocenters. The number of aliphatic hydroxyl groups excluding tert-OH is 1. The van der Waals surface area contributed by atoms with Gasteiger partial charge in [-0.3, -0.25) is 4.90 Å². The van der Waals surface area contributed by atoms with E-state index in [1.807, 2.05) is 0 Å². The van der Waals surface area contributed by atoms with E-state index in [-0.39, 0.29) is 6.10 Å². The van der Waals surface area contributed by atoms with Crippen molar-refractivity contribution < 1.29 is 5.11 Å². The van der Waals surface area contributed by atoms with Gasteiger partial charge >= 0.3 is 0 Å². The third-order valence-electron chi connectivity index (χ3n) is 5.21. The van der Waals surface area contributed by atoms with Crippen molar-refractivity contribution in [3.63, 3.8) is 0 Å². The number of aliphatic hydroxyl groups is 1. The van der Waals surface area contributed by atoms with E-state index in [0.717, 1.165) is 18.9 Å². The van der Waals surface area contributed by atoms with Crippen molar-refractivity contribution in [3.8, 4) is 0 Å². The van der Waals surface area contributed by atoms with E-state index in [2.05, 4.69) is 10.2 Å². The van der Waals surface area contributed by atoms with Crippen LogP contribution in [0.5, 0.6) is 0 Å². The quantitative estimate of drug-likeness (QED) is 0.724. The molecule has 1 aliphatic carbocycles. The normalized spacial score (nSPS) is 44.3. The summed E-state index contributed by atoms with van der Waals surface area (Å²) in [5.74, 6) is 0. The van der Waals surface area contributed by atoms with Gasteiger partial charge in [-0.15, -0.1) is 0 Å². The molecule has 3 nitrogen and oxygen atoms in total. The third-order valence-corrected chi connectivity index (χ3v) is 5.21. The topological polar surface area (TPSA) is 35.5 Å². The molecule has 1 unspecified atom stereocenters. The molecule has 2 heterocycles. The van der Waals surface area contributed by atoms with Crippen molar-refractivity contribution >= 4 is 0 Å². The lowest BCUT2D eigenvalue weighted by atomic mass is 9.80. The first kappa shape index (κ1) is 11.9. The van der Waals surface area contributed by atoms with Gasteiger partial charge in [0.15, 0.2) is 0 Å². The molecule has 0 aromatic heterocycles. The summed E-state index contributed by atoms with van der Waals surface area (Å²) in [6, 6.07) is 0.764. The average Bonchev–Trinajstić information content (AvgIpc) is 2.75. The largest absolute Gasteiger partial charge is 0.393 e. The van der Waals surface area contributed by atoms with Crippen molar-refractivity contribution in [1.82, 2.24) is 10.2 Å². The number of likely N-dealkylation sites (tertiary alicyclic amines) is 1. The summed E-state index contributed by atoms with van der Waals surface area (Å²) in [4.78, 5) is 2.72. The molecule has 2 N–H and O–H groups in total. The first-order chi connectivity index (χ1) is 8.27. The summed E-state index contributed by atoms with van der Waals surface area (Å²) in [6.45, 7) is 5.05. The van der Waals surface area contributed by atoms with Crippen LogP contribution in [0.2, 0.25) is 0 Å². The Bertz CT molecular complexity index is 255. The molecule has 3 aliphatic rings. The van der Waals surface area contributed by atoms with Crippen LogP contribution < -0.4 is 5.32 Å². The van der Waals surface area contributed by atoms with E-state index < -0.39 is 0 Å². The first-order valence-electron chi connectivity index (χ1n) is 7.40. The fourth-order valence-corrected chi connectivity index (χ4v) is 4.08. The number of hydrogen-bond donors (Lipinski definition) is 2. The van der Waals surface area contributed by atoms with Crippen LogP contribution in [0, 0.1) is 5.41 Å². The predicted molar refractivity (Wildman–Crippen MR) is 69.0 cm³/mol. The Labute approximate surface area is 105 Å². The second kappa shape index (κ2) is 4.87. The van der Waals surface area contributed by atoms with E-state index in [4.69, 9.17) is 0 Å². The molecule has 0 aromatic carbocycles. The lowest BCUT2D eigenvalue weighted by Gasteiger charge is -2.37. The van der Waals surface area contributed by atoms with Gasteiger partial charge in [0.2, 0.25) is 0 Å². The van der Waals surface area contributed by atoms with E-state index in [0.29, 0.717) is 5.41 Å². The number of nitrogens with zero attached hydrogens (tertiary/aromatic N) is 1. The van der Waals surface area contributed by atoms with Crippen LogP contribution in [0.4, 0.5) is 0 Å². The maximum absolute atomic E-state index is 9.58. The van der Waals surface area contributed by atoms with Crippen molar-refractivity contribution in [3.05, 3.63) is 0 Å². The zero-order valence-corrected chi connectivity index (χ0v) is 10.8. The Kier molecular flexibility index (Phi) is 3.42. The standard InChI is InChI=1S/C14H26N2O/c17-13-4-2-12(3-5-13)16-9-7-14(11-16)6-1-8-15-10-14/h12-13,15,17H,1-11H2/t12-,13+,14?. The van der Waals surface area contributed by atoms with Crippen molar-refractivity contribution in [2.45, 2.75) is 57.1 Å². The second-order valence-corrected chi connectivity index (χ2v) is 6.46. The fourth-order valence-electron chi connectivity index (χ4n) is 4.08. The summed E-state index contributed by atoms with van der Waals surface area (Å²) in [7, 11) is 0. The fraction of sp³-hybridized carbons (Fsp3) is 1.00. The summed E-state index contributed by atoms with van der Waals surface area (Å²) < 4.78 is 0. The molecule has 3 fully saturated rings. The molecule has 98 valence electrons. The number of piperidine rings is 1. The summed E-state index contributed by atoms with van der Waals surface area (Å²) >= 11 is 0. The van der Waals surface area contributed by atoms with Gasteiger partial charge in [-0.2, -0.15) is 0 Å². The lowest BCUT2D eigenvalue weighted by molar-refractivity contribution is 0.0761. The van der Waals surface area contributed by atoms with Gasteiger partial charge in [-0.05, 0) is 63.5 Å². The highest BCUT2D eigenvalue weighted by Gasteiger charge is 2.41. The monoisotopic (exact) mass is 238 g/mol. The van der Waals surface area contributed by atoms with E-state index >= 15 is 0 Å². The van der Waals surface area contributed by atoms with E-state index in [1.54, 1.807) is 0 Å². The molecule has 2 saturated heterocycles. The molecular formula is C14H26N2O. The summed E-state index contributed by atoms with van der Waals surface area (Å²) in [5.41, 5.74) is 0.592. The predicted octanol–water partition coefficient (Wildman–Crippen LogP) is 1.37. The average molecular weight is 238 g/mol. The molecule has 1 spiro atoms. The molecule has 0 bridgehead atoms. The van der Waals surface area contributed by atoms with Crippen LogP contribution in [0.1, 0.15) is 44.9 Å². The van der Waals surface area contributed by atoms with Crippen LogP contribution in [0.3, 0.4) is 0 Å². The minimum atomic E-state index is -0.0147. The van der Waals surface area contributed by atoms with Gasteiger partial charge in [0.25, 0.3) is 0 Å². The van der Waals surface area contributed by atoms with Crippen LogP contribution in [0.15, 0.2) is 0 Å². The summed E-state index contributed by atoms with van der Waals surface area (Å²) in [5, 5.41) is 13.2. The molecule has 17 heavy (non-hydrogen) atoms. The molecule has 3 heteroatoms. The lowest BCUT2D eigenvalue weighted by Crippen LogP contribution is -2.44. The molecule has 2 aliphatic heterocycles. The highest BCUT2D eigenvalue weighted by molar-refractivity contribution is 4.96. The zero-order valence-electron chi connectivity index (χ0n) is 10.8. The number of rotatable bonds is 1. The Hall–Kier alpha value is -0.120. The maximum atomic E-state index is 9.58. The van der Waals surface area contributed by atoms with Crippen molar-refractivity contribution in [2.24, 2.45) is 5.41 Å². The third kappa shape index (κ3) is 2.51. The Morgan fingerprint density at radius 3 is 2.65 bits per heavy atom. The minimum absolute atomic E-state index is 0.0147. The molecule has 0 aromatic rings. The zero-order chi connectivity index (χ0) is 11.7. The molecular weight excluding hydrogens is 212 g/mol. The molecule has 1 saturated carbocycles. The van der Waals surface area contributed by atoms with Crippen molar-refractivity contribution in [2.75, 3.05) is 26.2 Å². The van der Waals surface area contributed by atoms with Gasteiger partial charge in [0, 0.05) is 19.1 Å².